The Morgan fingerprint density at radius 1 is 1.21 bits per heavy atom. The summed E-state index contributed by atoms with van der Waals surface area (Å²) in [7, 11) is 0. The van der Waals surface area contributed by atoms with Crippen LogP contribution in [-0.4, -0.2) is 12.5 Å². The molecule has 3 nitrogen and oxygen atoms in total. The minimum Gasteiger partial charge on any atom is -0.484 e. The third kappa shape index (κ3) is 4.10. The third-order valence-corrected chi connectivity index (χ3v) is 3.17. The molecule has 0 fully saturated rings. The van der Waals surface area contributed by atoms with Gasteiger partial charge in [-0.2, -0.15) is 0 Å². The minimum atomic E-state index is -0.187. The maximum atomic E-state index is 11.8. The lowest BCUT2D eigenvalue weighted by Gasteiger charge is -2.09. The van der Waals surface area contributed by atoms with Crippen LogP contribution in [0.1, 0.15) is 5.56 Å². The van der Waals surface area contributed by atoms with Crippen molar-refractivity contribution in [3.63, 3.8) is 0 Å². The van der Waals surface area contributed by atoms with Gasteiger partial charge in [0, 0.05) is 4.47 Å². The molecule has 1 N–H and O–H groups in total. The van der Waals surface area contributed by atoms with Crippen molar-refractivity contribution < 1.29 is 9.53 Å². The molecule has 2 aromatic rings. The molecule has 0 saturated carbocycles. The largest absolute Gasteiger partial charge is 0.484 e. The van der Waals surface area contributed by atoms with E-state index in [-0.39, 0.29) is 12.5 Å². The minimum absolute atomic E-state index is 0.00959. The lowest BCUT2D eigenvalue weighted by atomic mass is 10.2. The number of hydrogen-bond donors (Lipinski definition) is 1. The zero-order chi connectivity index (χ0) is 13.7. The molecule has 0 bridgehead atoms. The highest BCUT2D eigenvalue weighted by Gasteiger charge is 2.06. The highest BCUT2D eigenvalue weighted by Crippen LogP contribution is 2.23. The normalized spacial score (nSPS) is 10.0. The first-order valence-corrected chi connectivity index (χ1v) is 6.68. The number of hydrogen-bond acceptors (Lipinski definition) is 2. The highest BCUT2D eigenvalue weighted by molar-refractivity contribution is 9.10. The number of carbonyl (C=O) groups excluding carboxylic acids is 1. The van der Waals surface area contributed by atoms with Crippen LogP contribution in [0.25, 0.3) is 0 Å². The molecule has 4 heteroatoms. The van der Waals surface area contributed by atoms with Gasteiger partial charge in [0.25, 0.3) is 5.91 Å². The van der Waals surface area contributed by atoms with Crippen molar-refractivity contribution in [2.75, 3.05) is 11.9 Å². The van der Waals surface area contributed by atoms with E-state index >= 15 is 0 Å². The zero-order valence-corrected chi connectivity index (χ0v) is 12.1. The SMILES string of the molecule is Cc1ccc(NC(=O)COc2ccccc2)c(Br)c1. The van der Waals surface area contributed by atoms with E-state index in [1.165, 1.54) is 0 Å². The molecule has 0 heterocycles. The van der Waals surface area contributed by atoms with Crippen molar-refractivity contribution in [2.45, 2.75) is 6.92 Å². The average molecular weight is 320 g/mol. The Bertz CT molecular complexity index is 570. The van der Waals surface area contributed by atoms with Crippen LogP contribution in [0.2, 0.25) is 0 Å². The van der Waals surface area contributed by atoms with Gasteiger partial charge < -0.3 is 10.1 Å². The number of benzene rings is 2. The van der Waals surface area contributed by atoms with E-state index in [1.54, 1.807) is 0 Å². The average Bonchev–Trinajstić information content (AvgIpc) is 2.41. The Hall–Kier alpha value is -1.81. The number of halogens is 1. The van der Waals surface area contributed by atoms with Gasteiger partial charge in [0.2, 0.25) is 0 Å². The third-order valence-electron chi connectivity index (χ3n) is 2.51. The lowest BCUT2D eigenvalue weighted by molar-refractivity contribution is -0.118. The lowest BCUT2D eigenvalue weighted by Crippen LogP contribution is -2.20. The van der Waals surface area contributed by atoms with Gasteiger partial charge in [-0.1, -0.05) is 24.3 Å². The van der Waals surface area contributed by atoms with E-state index in [2.05, 4.69) is 21.2 Å². The van der Waals surface area contributed by atoms with E-state index < -0.39 is 0 Å². The maximum absolute atomic E-state index is 11.8. The molecule has 2 aromatic carbocycles. The number of amides is 1. The second kappa shape index (κ2) is 6.38. The van der Waals surface area contributed by atoms with Crippen molar-refractivity contribution >= 4 is 27.5 Å². The van der Waals surface area contributed by atoms with Crippen LogP contribution in [0.3, 0.4) is 0 Å². The van der Waals surface area contributed by atoms with Crippen LogP contribution >= 0.6 is 15.9 Å². The summed E-state index contributed by atoms with van der Waals surface area (Å²) in [6, 6.07) is 15.0. The molecule has 2 rings (SSSR count). The molecule has 19 heavy (non-hydrogen) atoms. The Labute approximate surface area is 120 Å². The Morgan fingerprint density at radius 2 is 1.95 bits per heavy atom. The smallest absolute Gasteiger partial charge is 0.262 e. The molecule has 0 aliphatic heterocycles. The number of aryl methyl sites for hydroxylation is 1. The zero-order valence-electron chi connectivity index (χ0n) is 10.5. The Balaban J connectivity index is 1.91. The van der Waals surface area contributed by atoms with Gasteiger partial charge in [-0.25, -0.2) is 0 Å². The number of anilines is 1. The van der Waals surface area contributed by atoms with Crippen LogP contribution in [0, 0.1) is 6.92 Å². The van der Waals surface area contributed by atoms with Crippen molar-refractivity contribution in [3.05, 3.63) is 58.6 Å². The summed E-state index contributed by atoms with van der Waals surface area (Å²) in [6.45, 7) is 1.99. The van der Waals surface area contributed by atoms with Crippen molar-refractivity contribution in [2.24, 2.45) is 0 Å². The molecule has 0 aliphatic carbocycles. The van der Waals surface area contributed by atoms with Crippen molar-refractivity contribution in [3.8, 4) is 5.75 Å². The number of rotatable bonds is 4. The number of nitrogens with one attached hydrogen (secondary N) is 1. The summed E-state index contributed by atoms with van der Waals surface area (Å²) in [5, 5.41) is 2.80. The Morgan fingerprint density at radius 3 is 2.63 bits per heavy atom. The summed E-state index contributed by atoms with van der Waals surface area (Å²) >= 11 is 3.42. The van der Waals surface area contributed by atoms with Gasteiger partial charge in [0.1, 0.15) is 5.75 Å². The van der Waals surface area contributed by atoms with Gasteiger partial charge in [-0.05, 0) is 52.7 Å². The van der Waals surface area contributed by atoms with Crippen LogP contribution in [-0.2, 0) is 4.79 Å². The fraction of sp³-hybridized carbons (Fsp3) is 0.133. The van der Waals surface area contributed by atoms with Crippen LogP contribution in [0.4, 0.5) is 5.69 Å². The van der Waals surface area contributed by atoms with Gasteiger partial charge in [0.05, 0.1) is 5.69 Å². The molecular weight excluding hydrogens is 306 g/mol. The first kappa shape index (κ1) is 13.6. The predicted molar refractivity (Wildman–Crippen MR) is 79.4 cm³/mol. The summed E-state index contributed by atoms with van der Waals surface area (Å²) in [5.41, 5.74) is 1.87. The van der Waals surface area contributed by atoms with Crippen LogP contribution in [0.5, 0.6) is 5.75 Å². The first-order valence-electron chi connectivity index (χ1n) is 5.89. The van der Waals surface area contributed by atoms with E-state index in [0.717, 1.165) is 15.7 Å². The Kier molecular flexibility index (Phi) is 4.58. The predicted octanol–water partition coefficient (Wildman–Crippen LogP) is 3.78. The number of carbonyl (C=O) groups is 1. The summed E-state index contributed by atoms with van der Waals surface area (Å²) < 4.78 is 6.24. The van der Waals surface area contributed by atoms with Crippen molar-refractivity contribution in [1.29, 1.82) is 0 Å². The highest BCUT2D eigenvalue weighted by atomic mass is 79.9. The second-order valence-corrected chi connectivity index (χ2v) is 4.99. The molecule has 0 aromatic heterocycles. The molecule has 0 saturated heterocycles. The molecule has 0 atom stereocenters. The molecule has 0 spiro atoms. The maximum Gasteiger partial charge on any atom is 0.262 e. The summed E-state index contributed by atoms with van der Waals surface area (Å²) in [5.74, 6) is 0.494. The van der Waals surface area contributed by atoms with Gasteiger partial charge in [0.15, 0.2) is 6.61 Å². The van der Waals surface area contributed by atoms with Crippen LogP contribution < -0.4 is 10.1 Å². The fourth-order valence-electron chi connectivity index (χ4n) is 1.57. The van der Waals surface area contributed by atoms with Gasteiger partial charge in [-0.3, -0.25) is 4.79 Å². The first-order chi connectivity index (χ1) is 9.15. The summed E-state index contributed by atoms with van der Waals surface area (Å²) in [4.78, 5) is 11.8. The van der Waals surface area contributed by atoms with Crippen LogP contribution in [0.15, 0.2) is 53.0 Å². The standard InChI is InChI=1S/C15H14BrNO2/c1-11-7-8-14(13(16)9-11)17-15(18)10-19-12-5-3-2-4-6-12/h2-9H,10H2,1H3,(H,17,18). The molecule has 0 aliphatic rings. The molecule has 0 radical (unpaired) electrons. The van der Waals surface area contributed by atoms with Crippen molar-refractivity contribution in [1.82, 2.24) is 0 Å². The molecule has 1 amide bonds. The van der Waals surface area contributed by atoms with E-state index in [0.29, 0.717) is 5.75 Å². The number of para-hydroxylation sites is 1. The second-order valence-electron chi connectivity index (χ2n) is 4.13. The van der Waals surface area contributed by atoms with Gasteiger partial charge >= 0.3 is 0 Å². The van der Waals surface area contributed by atoms with E-state index in [9.17, 15) is 4.79 Å². The van der Waals surface area contributed by atoms with Gasteiger partial charge in [-0.15, -0.1) is 0 Å². The van der Waals surface area contributed by atoms with E-state index in [4.69, 9.17) is 4.74 Å². The molecule has 0 unspecified atom stereocenters. The summed E-state index contributed by atoms with van der Waals surface area (Å²) in [6.07, 6.45) is 0. The topological polar surface area (TPSA) is 38.3 Å². The number of ether oxygens (including phenoxy) is 1. The molecule has 98 valence electrons. The quantitative estimate of drug-likeness (QED) is 0.931. The van der Waals surface area contributed by atoms with E-state index in [1.807, 2.05) is 55.5 Å². The monoisotopic (exact) mass is 319 g/mol. The fourth-order valence-corrected chi connectivity index (χ4v) is 2.17. The molecular formula is C15H14BrNO2.